The topological polar surface area (TPSA) is 122 Å². The molecule has 2 aliphatic rings. The summed E-state index contributed by atoms with van der Waals surface area (Å²) in [6.07, 6.45) is 4.29. The summed E-state index contributed by atoms with van der Waals surface area (Å²) in [4.78, 5) is 12.8. The van der Waals surface area contributed by atoms with Crippen molar-refractivity contribution in [2.75, 3.05) is 22.8 Å². The fraction of sp³-hybridized carbons (Fsp3) is 0.296. The van der Waals surface area contributed by atoms with E-state index < -0.39 is 26.0 Å². The van der Waals surface area contributed by atoms with E-state index in [0.717, 1.165) is 31.2 Å². The number of nitrogens with zero attached hydrogens (tertiary/aromatic N) is 1. The second kappa shape index (κ2) is 11.2. The average molecular weight is 590 g/mol. The van der Waals surface area contributed by atoms with E-state index in [1.807, 2.05) is 0 Å². The molecule has 0 radical (unpaired) electrons. The van der Waals surface area contributed by atoms with Crippen LogP contribution in [0.2, 0.25) is 5.02 Å². The molecule has 0 unspecified atom stereocenters. The van der Waals surface area contributed by atoms with Crippen molar-refractivity contribution in [1.29, 1.82) is 0 Å². The maximum absolute atomic E-state index is 13.2. The zero-order chi connectivity index (χ0) is 27.6. The van der Waals surface area contributed by atoms with Crippen LogP contribution >= 0.6 is 11.6 Å². The molecule has 9 nitrogen and oxygen atoms in total. The molecule has 0 bridgehead atoms. The van der Waals surface area contributed by atoms with Crippen LogP contribution in [0.1, 0.15) is 31.2 Å². The molecule has 3 aromatic carbocycles. The lowest BCUT2D eigenvalue weighted by atomic mass is 10.1. The molecule has 3 aromatic rings. The number of nitrogens with one attached hydrogen (secondary N) is 2. The van der Waals surface area contributed by atoms with Crippen LogP contribution in [0.4, 0.5) is 11.4 Å². The number of hydrogen-bond donors (Lipinski definition) is 2. The molecule has 1 amide bonds. The third kappa shape index (κ3) is 6.22. The van der Waals surface area contributed by atoms with E-state index in [2.05, 4.69) is 10.0 Å². The molecule has 2 N–H and O–H groups in total. The number of rotatable bonds is 9. The Balaban J connectivity index is 1.20. The maximum atomic E-state index is 13.2. The van der Waals surface area contributed by atoms with Gasteiger partial charge in [0.15, 0.2) is 6.61 Å². The summed E-state index contributed by atoms with van der Waals surface area (Å²) in [5.41, 5.74) is 1.80. The van der Waals surface area contributed by atoms with Gasteiger partial charge in [0.25, 0.3) is 15.9 Å². The van der Waals surface area contributed by atoms with E-state index in [4.69, 9.17) is 16.3 Å². The quantitative estimate of drug-likeness (QED) is 0.383. The van der Waals surface area contributed by atoms with Gasteiger partial charge in [0.1, 0.15) is 5.75 Å². The largest absolute Gasteiger partial charge is 0.484 e. The number of anilines is 2. The summed E-state index contributed by atoms with van der Waals surface area (Å²) < 4.78 is 61.1. The lowest BCUT2D eigenvalue weighted by Crippen LogP contribution is -2.32. The first kappa shape index (κ1) is 27.4. The summed E-state index contributed by atoms with van der Waals surface area (Å²) >= 11 is 5.90. The van der Waals surface area contributed by atoms with Gasteiger partial charge < -0.3 is 10.1 Å². The Morgan fingerprint density at radius 1 is 0.923 bits per heavy atom. The Bertz CT molecular complexity index is 1570. The van der Waals surface area contributed by atoms with Gasteiger partial charge in [-0.05, 0) is 85.5 Å². The highest BCUT2D eigenvalue weighted by Crippen LogP contribution is 2.35. The van der Waals surface area contributed by atoms with Crippen molar-refractivity contribution < 1.29 is 26.4 Å². The zero-order valence-corrected chi connectivity index (χ0v) is 23.4. The number of fused-ring (bicyclic) bond motifs is 1. The minimum absolute atomic E-state index is 0.0292. The number of hydrogen-bond acceptors (Lipinski definition) is 6. The number of ether oxygens (including phenoxy) is 1. The van der Waals surface area contributed by atoms with E-state index in [0.29, 0.717) is 35.1 Å². The van der Waals surface area contributed by atoms with Crippen LogP contribution in [0.3, 0.4) is 0 Å². The summed E-state index contributed by atoms with van der Waals surface area (Å²) in [6.45, 7) is -0.0149. The average Bonchev–Trinajstić information content (AvgIpc) is 3.57. The van der Waals surface area contributed by atoms with Crippen molar-refractivity contribution in [2.24, 2.45) is 0 Å². The molecular weight excluding hydrogens is 562 g/mol. The molecule has 0 saturated heterocycles. The van der Waals surface area contributed by atoms with Crippen LogP contribution in [0, 0.1) is 0 Å². The van der Waals surface area contributed by atoms with Crippen molar-refractivity contribution in [3.63, 3.8) is 0 Å². The van der Waals surface area contributed by atoms with Crippen LogP contribution in [0.5, 0.6) is 5.75 Å². The van der Waals surface area contributed by atoms with Gasteiger partial charge >= 0.3 is 0 Å². The SMILES string of the molecule is O=C(COc1ccc(S(=O)(=O)NC2CCCC2)cc1)Nc1ccc2c(c1)N(S(=O)(=O)c1ccc(Cl)cc1)CC2. The molecule has 0 spiro atoms. The van der Waals surface area contributed by atoms with Crippen molar-refractivity contribution in [1.82, 2.24) is 4.72 Å². The van der Waals surface area contributed by atoms with Gasteiger partial charge in [0.2, 0.25) is 10.0 Å². The second-order valence-corrected chi connectivity index (χ2v) is 13.5. The highest BCUT2D eigenvalue weighted by molar-refractivity contribution is 7.92. The number of halogens is 1. The first-order valence-corrected chi connectivity index (χ1v) is 15.9. The molecular formula is C27H28ClN3O6S2. The van der Waals surface area contributed by atoms with Crippen molar-refractivity contribution in [2.45, 2.75) is 47.9 Å². The van der Waals surface area contributed by atoms with Crippen LogP contribution in [0.15, 0.2) is 76.5 Å². The molecule has 0 aromatic heterocycles. The predicted molar refractivity (Wildman–Crippen MR) is 149 cm³/mol. The molecule has 12 heteroatoms. The summed E-state index contributed by atoms with van der Waals surface area (Å²) in [5, 5.41) is 3.17. The monoisotopic (exact) mass is 589 g/mol. The highest BCUT2D eigenvalue weighted by Gasteiger charge is 2.31. The van der Waals surface area contributed by atoms with Crippen molar-refractivity contribution in [3.8, 4) is 5.75 Å². The maximum Gasteiger partial charge on any atom is 0.264 e. The molecule has 1 aliphatic heterocycles. The minimum Gasteiger partial charge on any atom is -0.484 e. The van der Waals surface area contributed by atoms with Crippen LogP contribution in [-0.2, 0) is 31.3 Å². The molecule has 1 fully saturated rings. The molecule has 1 heterocycles. The van der Waals surface area contributed by atoms with E-state index in [-0.39, 0.29) is 22.4 Å². The van der Waals surface area contributed by atoms with E-state index in [1.54, 1.807) is 18.2 Å². The number of carbonyl (C=O) groups excluding carboxylic acids is 1. The normalized spacial score (nSPS) is 15.8. The van der Waals surface area contributed by atoms with E-state index in [9.17, 15) is 21.6 Å². The van der Waals surface area contributed by atoms with Gasteiger partial charge in [-0.2, -0.15) is 0 Å². The lowest BCUT2D eigenvalue weighted by Gasteiger charge is -2.20. The fourth-order valence-electron chi connectivity index (χ4n) is 4.80. The first-order chi connectivity index (χ1) is 18.6. The second-order valence-electron chi connectivity index (χ2n) is 9.54. The molecule has 0 atom stereocenters. The highest BCUT2D eigenvalue weighted by atomic mass is 35.5. The van der Waals surface area contributed by atoms with Gasteiger partial charge in [-0.15, -0.1) is 0 Å². The summed E-state index contributed by atoms with van der Waals surface area (Å²) in [6, 6.07) is 17.0. The van der Waals surface area contributed by atoms with Gasteiger partial charge in [-0.25, -0.2) is 21.6 Å². The van der Waals surface area contributed by atoms with E-state index >= 15 is 0 Å². The molecule has 5 rings (SSSR count). The molecule has 39 heavy (non-hydrogen) atoms. The minimum atomic E-state index is -3.79. The van der Waals surface area contributed by atoms with Gasteiger partial charge in [-0.1, -0.05) is 30.5 Å². The fourth-order valence-corrected chi connectivity index (χ4v) is 7.73. The molecule has 1 aliphatic carbocycles. The Labute approximate surface area is 233 Å². The van der Waals surface area contributed by atoms with Gasteiger partial charge in [-0.3, -0.25) is 9.10 Å². The van der Waals surface area contributed by atoms with Crippen LogP contribution in [0.25, 0.3) is 0 Å². The Morgan fingerprint density at radius 3 is 2.28 bits per heavy atom. The van der Waals surface area contributed by atoms with Crippen LogP contribution in [-0.4, -0.2) is 41.9 Å². The number of benzene rings is 3. The summed E-state index contributed by atoms with van der Waals surface area (Å²) in [5.74, 6) is -0.0983. The Morgan fingerprint density at radius 2 is 1.59 bits per heavy atom. The van der Waals surface area contributed by atoms with Gasteiger partial charge in [0.05, 0.1) is 15.5 Å². The zero-order valence-electron chi connectivity index (χ0n) is 21.0. The molecule has 206 valence electrons. The van der Waals surface area contributed by atoms with Crippen molar-refractivity contribution in [3.05, 3.63) is 77.3 Å². The van der Waals surface area contributed by atoms with Gasteiger partial charge in [0, 0.05) is 23.3 Å². The first-order valence-electron chi connectivity index (χ1n) is 12.6. The number of amides is 1. The summed E-state index contributed by atoms with van der Waals surface area (Å²) in [7, 11) is -7.40. The predicted octanol–water partition coefficient (Wildman–Crippen LogP) is 4.33. The Hall–Kier alpha value is -3.12. The third-order valence-electron chi connectivity index (χ3n) is 6.80. The third-order valence-corrected chi connectivity index (χ3v) is 10.4. The standard InChI is InChI=1S/C27H28ClN3O6S2/c28-20-6-11-25(12-7-20)39(35,36)31-16-15-19-5-8-22(17-26(19)31)29-27(32)18-37-23-9-13-24(14-10-23)38(33,34)30-21-3-1-2-4-21/h5-14,17,21,30H,1-4,15-16,18H2,(H,29,32). The van der Waals surface area contributed by atoms with E-state index in [1.165, 1.54) is 52.8 Å². The number of sulfonamides is 2. The van der Waals surface area contributed by atoms with Crippen molar-refractivity contribution >= 4 is 48.9 Å². The lowest BCUT2D eigenvalue weighted by molar-refractivity contribution is -0.118. The smallest absolute Gasteiger partial charge is 0.264 e. The Kier molecular flexibility index (Phi) is 7.86. The van der Waals surface area contributed by atoms with Crippen LogP contribution < -0.4 is 19.1 Å². The molecule has 1 saturated carbocycles. The number of carbonyl (C=O) groups is 1.